The molecule has 98 valence electrons. The number of aliphatic hydroxyl groups is 2. The fraction of sp³-hybridized carbons (Fsp3) is 1.00. The second kappa shape index (κ2) is 4.08. The maximum Gasteiger partial charge on any atom is 0.386 e. The lowest BCUT2D eigenvalue weighted by Gasteiger charge is -2.38. The molecule has 0 fully saturated rings. The summed E-state index contributed by atoms with van der Waals surface area (Å²) in [5, 5.41) is 6.00. The zero-order valence-electron chi connectivity index (χ0n) is 7.50. The highest BCUT2D eigenvalue weighted by atomic mass is 35.5. The van der Waals surface area contributed by atoms with E-state index in [1.807, 2.05) is 0 Å². The van der Waals surface area contributed by atoms with Gasteiger partial charge in [-0.2, -0.15) is 13.2 Å². The third kappa shape index (κ3) is 2.20. The van der Waals surface area contributed by atoms with Gasteiger partial charge in [0.2, 0.25) is 0 Å². The van der Waals surface area contributed by atoms with Crippen molar-refractivity contribution in [1.29, 1.82) is 0 Å². The summed E-state index contributed by atoms with van der Waals surface area (Å²) >= 11 is 8.71. The molecule has 0 heterocycles. The van der Waals surface area contributed by atoms with Gasteiger partial charge >= 0.3 is 17.1 Å². The Bertz CT molecular complexity index is 262. The van der Waals surface area contributed by atoms with Gasteiger partial charge in [-0.3, -0.25) is 0 Å². The van der Waals surface area contributed by atoms with E-state index in [1.54, 1.807) is 0 Å². The van der Waals surface area contributed by atoms with Crippen LogP contribution in [0.2, 0.25) is 0 Å². The van der Waals surface area contributed by atoms with Crippen LogP contribution in [0, 0.1) is 0 Å². The standard InChI is InChI=1S/C6H6Cl2F6O2/c1-2(9)3(7,10)4(8,11)5(12,13)6(14,15)16/h2,15-16H,1H3. The molecule has 0 amide bonds. The van der Waals surface area contributed by atoms with E-state index in [0.717, 1.165) is 0 Å². The van der Waals surface area contributed by atoms with Crippen molar-refractivity contribution in [1.82, 2.24) is 0 Å². The number of alkyl halides is 8. The zero-order chi connectivity index (χ0) is 13.6. The zero-order valence-corrected chi connectivity index (χ0v) is 9.01. The quantitative estimate of drug-likeness (QED) is 0.475. The van der Waals surface area contributed by atoms with Crippen LogP contribution in [0.5, 0.6) is 0 Å². The molecule has 3 unspecified atom stereocenters. The van der Waals surface area contributed by atoms with Gasteiger partial charge in [-0.15, -0.1) is 0 Å². The van der Waals surface area contributed by atoms with E-state index < -0.39 is 28.4 Å². The first-order valence-electron chi connectivity index (χ1n) is 3.60. The van der Waals surface area contributed by atoms with Gasteiger partial charge < -0.3 is 10.2 Å². The number of hydrogen-bond acceptors (Lipinski definition) is 2. The van der Waals surface area contributed by atoms with Crippen molar-refractivity contribution in [3.05, 3.63) is 0 Å². The molecule has 0 aromatic heterocycles. The van der Waals surface area contributed by atoms with E-state index >= 15 is 0 Å². The molecular weight excluding hydrogens is 289 g/mol. The van der Waals surface area contributed by atoms with Gasteiger partial charge in [0.1, 0.15) is 0 Å². The highest BCUT2D eigenvalue weighted by molar-refractivity contribution is 6.34. The number of hydrogen-bond donors (Lipinski definition) is 2. The van der Waals surface area contributed by atoms with Crippen LogP contribution >= 0.6 is 23.2 Å². The highest BCUT2D eigenvalue weighted by Crippen LogP contribution is 2.54. The predicted octanol–water partition coefficient (Wildman–Crippen LogP) is 2.40. The molecule has 0 aromatic rings. The molecule has 0 aliphatic heterocycles. The van der Waals surface area contributed by atoms with Gasteiger partial charge in [0, 0.05) is 0 Å². The fourth-order valence-corrected chi connectivity index (χ4v) is 1.05. The van der Waals surface area contributed by atoms with E-state index in [1.165, 1.54) is 0 Å². The maximum atomic E-state index is 13.1. The summed E-state index contributed by atoms with van der Waals surface area (Å²) in [4.78, 5) is 0. The highest BCUT2D eigenvalue weighted by Gasteiger charge is 2.78. The molecule has 0 aliphatic rings. The first-order valence-corrected chi connectivity index (χ1v) is 4.36. The molecule has 0 saturated heterocycles. The summed E-state index contributed by atoms with van der Waals surface area (Å²) in [5.74, 6) is -5.90. The Kier molecular flexibility index (Phi) is 4.10. The molecule has 0 aliphatic carbocycles. The molecule has 0 rings (SSSR count). The second-order valence-corrected chi connectivity index (χ2v) is 4.05. The minimum absolute atomic E-state index is 0.231. The first kappa shape index (κ1) is 16.1. The third-order valence-electron chi connectivity index (χ3n) is 1.71. The molecule has 0 saturated carbocycles. The van der Waals surface area contributed by atoms with Crippen molar-refractivity contribution in [3.63, 3.8) is 0 Å². The summed E-state index contributed by atoms with van der Waals surface area (Å²) in [6.45, 7) is 0.231. The molecule has 2 nitrogen and oxygen atoms in total. The topological polar surface area (TPSA) is 40.5 Å². The fourth-order valence-electron chi connectivity index (χ4n) is 0.659. The molecule has 10 heteroatoms. The van der Waals surface area contributed by atoms with Crippen LogP contribution in [0.25, 0.3) is 0 Å². The van der Waals surface area contributed by atoms with Crippen LogP contribution in [0.1, 0.15) is 6.92 Å². The van der Waals surface area contributed by atoms with E-state index in [0.29, 0.717) is 0 Å². The van der Waals surface area contributed by atoms with Gasteiger partial charge in [-0.25, -0.2) is 13.2 Å². The van der Waals surface area contributed by atoms with Gasteiger partial charge in [-0.05, 0) is 6.92 Å². The normalized spacial score (nSPS) is 23.4. The lowest BCUT2D eigenvalue weighted by Crippen LogP contribution is -2.64. The van der Waals surface area contributed by atoms with E-state index in [4.69, 9.17) is 10.2 Å². The Morgan fingerprint density at radius 1 is 1.00 bits per heavy atom. The Morgan fingerprint density at radius 2 is 1.31 bits per heavy atom. The number of rotatable bonds is 4. The van der Waals surface area contributed by atoms with Crippen LogP contribution in [-0.4, -0.2) is 38.6 Å². The summed E-state index contributed by atoms with van der Waals surface area (Å²) in [6, 6.07) is -5.51. The van der Waals surface area contributed by atoms with Crippen molar-refractivity contribution in [2.24, 2.45) is 0 Å². The van der Waals surface area contributed by atoms with Gasteiger partial charge in [0.15, 0.2) is 6.17 Å². The lowest BCUT2D eigenvalue weighted by atomic mass is 10.0. The lowest BCUT2D eigenvalue weighted by molar-refractivity contribution is -0.393. The SMILES string of the molecule is CC(F)C(F)(Cl)C(F)(Cl)C(F)(F)C(O)(O)F. The van der Waals surface area contributed by atoms with Crippen molar-refractivity contribution < 1.29 is 36.6 Å². The van der Waals surface area contributed by atoms with Crippen LogP contribution in [0.15, 0.2) is 0 Å². The minimum atomic E-state index is -5.90. The van der Waals surface area contributed by atoms with E-state index in [-0.39, 0.29) is 6.92 Å². The Balaban J connectivity index is 5.53. The smallest absolute Gasteiger partial charge is 0.335 e. The van der Waals surface area contributed by atoms with Crippen LogP contribution in [0.3, 0.4) is 0 Å². The molecular formula is C6H6Cl2F6O2. The predicted molar refractivity (Wildman–Crippen MR) is 43.2 cm³/mol. The molecule has 3 atom stereocenters. The largest absolute Gasteiger partial charge is 0.386 e. The monoisotopic (exact) mass is 294 g/mol. The molecule has 0 radical (unpaired) electrons. The molecule has 16 heavy (non-hydrogen) atoms. The molecule has 0 spiro atoms. The Hall–Kier alpha value is 0.0800. The molecule has 0 bridgehead atoms. The minimum Gasteiger partial charge on any atom is -0.335 e. The third-order valence-corrected chi connectivity index (χ3v) is 2.88. The summed E-state index contributed by atoms with van der Waals surface area (Å²) in [5.41, 5.74) is 0. The van der Waals surface area contributed by atoms with Gasteiger partial charge in [0.25, 0.3) is 5.13 Å². The van der Waals surface area contributed by atoms with Crippen molar-refractivity contribution in [2.45, 2.75) is 35.3 Å². The van der Waals surface area contributed by atoms with Crippen LogP contribution in [-0.2, 0) is 0 Å². The van der Waals surface area contributed by atoms with Crippen molar-refractivity contribution in [2.75, 3.05) is 0 Å². The van der Waals surface area contributed by atoms with Crippen LogP contribution in [0.4, 0.5) is 26.3 Å². The summed E-state index contributed by atoms with van der Waals surface area (Å²) in [6.07, 6.45) is -3.08. The van der Waals surface area contributed by atoms with E-state index in [2.05, 4.69) is 23.2 Å². The molecule has 0 aromatic carbocycles. The Morgan fingerprint density at radius 3 is 1.50 bits per heavy atom. The molecule has 2 N–H and O–H groups in total. The Labute approximate surface area is 95.8 Å². The average molecular weight is 295 g/mol. The van der Waals surface area contributed by atoms with E-state index in [9.17, 15) is 26.3 Å². The van der Waals surface area contributed by atoms with Crippen molar-refractivity contribution >= 4 is 23.2 Å². The van der Waals surface area contributed by atoms with Gasteiger partial charge in [0.05, 0.1) is 0 Å². The summed E-state index contributed by atoms with van der Waals surface area (Å²) in [7, 11) is 0. The average Bonchev–Trinajstić information content (AvgIpc) is 2.00. The number of halogens is 8. The first-order chi connectivity index (χ1) is 6.69. The maximum absolute atomic E-state index is 13.1. The van der Waals surface area contributed by atoms with Crippen molar-refractivity contribution in [3.8, 4) is 0 Å². The van der Waals surface area contributed by atoms with Crippen LogP contribution < -0.4 is 0 Å². The second-order valence-electron chi connectivity index (χ2n) is 2.97. The van der Waals surface area contributed by atoms with Gasteiger partial charge in [-0.1, -0.05) is 23.2 Å². The summed E-state index contributed by atoms with van der Waals surface area (Å²) < 4.78 is 76.1.